The van der Waals surface area contributed by atoms with E-state index in [2.05, 4.69) is 72.1 Å². The minimum Gasteiger partial charge on any atom is -0.347 e. The molecule has 0 radical (unpaired) electrons. The van der Waals surface area contributed by atoms with Crippen LogP contribution in [-0.2, 0) is 5.41 Å². The molecule has 2 rings (SSSR count). The van der Waals surface area contributed by atoms with Crippen LogP contribution in [0.5, 0.6) is 0 Å². The van der Waals surface area contributed by atoms with Gasteiger partial charge in [-0.1, -0.05) is 48.0 Å². The summed E-state index contributed by atoms with van der Waals surface area (Å²) in [6.07, 6.45) is 7.86. The largest absolute Gasteiger partial charge is 0.347 e. The molecular formula is C18H21BrN2. The Balaban J connectivity index is 2.36. The van der Waals surface area contributed by atoms with Gasteiger partial charge in [0.05, 0.1) is 0 Å². The molecule has 1 aliphatic rings. The first-order valence-electron chi connectivity index (χ1n) is 6.98. The van der Waals surface area contributed by atoms with E-state index in [4.69, 9.17) is 5.41 Å². The number of anilines is 1. The summed E-state index contributed by atoms with van der Waals surface area (Å²) in [6.45, 7) is 6.26. The summed E-state index contributed by atoms with van der Waals surface area (Å²) in [4.78, 5) is 2.25. The van der Waals surface area contributed by atoms with Crippen molar-refractivity contribution in [2.75, 3.05) is 11.9 Å². The lowest BCUT2D eigenvalue weighted by molar-refractivity contribution is 0.640. The zero-order valence-electron chi connectivity index (χ0n) is 12.9. The number of benzene rings is 1. The highest BCUT2D eigenvalue weighted by molar-refractivity contribution is 9.11. The monoisotopic (exact) mass is 344 g/mol. The number of para-hydroxylation sites is 1. The Bertz CT molecular complexity index is 651. The third kappa shape index (κ3) is 3.18. The SMILES string of the molecule is CC(=N)\C=C/C(Br)=C/C=C1\N(C)c2ccccc2C1(C)C. The molecule has 1 heterocycles. The van der Waals surface area contributed by atoms with Crippen molar-refractivity contribution in [3.05, 3.63) is 64.3 Å². The van der Waals surface area contributed by atoms with Gasteiger partial charge < -0.3 is 10.3 Å². The number of halogens is 1. The Morgan fingerprint density at radius 1 is 1.24 bits per heavy atom. The molecular weight excluding hydrogens is 324 g/mol. The Kier molecular flexibility index (Phi) is 4.52. The quantitative estimate of drug-likeness (QED) is 0.594. The van der Waals surface area contributed by atoms with Crippen LogP contribution in [0.25, 0.3) is 0 Å². The third-order valence-corrected chi connectivity index (χ3v) is 4.36. The molecule has 0 atom stereocenters. The van der Waals surface area contributed by atoms with Gasteiger partial charge in [0.1, 0.15) is 0 Å². The summed E-state index contributed by atoms with van der Waals surface area (Å²) < 4.78 is 0.960. The molecule has 0 saturated carbocycles. The molecule has 2 nitrogen and oxygen atoms in total. The highest BCUT2D eigenvalue weighted by Gasteiger charge is 2.37. The van der Waals surface area contributed by atoms with Gasteiger partial charge >= 0.3 is 0 Å². The molecule has 0 spiro atoms. The minimum atomic E-state index is -0.00367. The Labute approximate surface area is 135 Å². The number of rotatable bonds is 3. The van der Waals surface area contributed by atoms with Crippen LogP contribution in [-0.4, -0.2) is 12.8 Å². The van der Waals surface area contributed by atoms with Gasteiger partial charge in [-0.2, -0.15) is 0 Å². The molecule has 0 aromatic heterocycles. The number of hydrogen-bond acceptors (Lipinski definition) is 2. The molecule has 0 saturated heterocycles. The molecule has 0 amide bonds. The van der Waals surface area contributed by atoms with Crippen molar-refractivity contribution < 1.29 is 0 Å². The van der Waals surface area contributed by atoms with Crippen LogP contribution >= 0.6 is 15.9 Å². The zero-order chi connectivity index (χ0) is 15.6. The van der Waals surface area contributed by atoms with E-state index in [0.717, 1.165) is 4.48 Å². The summed E-state index contributed by atoms with van der Waals surface area (Å²) in [7, 11) is 2.11. The molecule has 3 heteroatoms. The maximum absolute atomic E-state index is 7.41. The highest BCUT2D eigenvalue weighted by atomic mass is 79.9. The van der Waals surface area contributed by atoms with Crippen molar-refractivity contribution >= 4 is 27.3 Å². The lowest BCUT2D eigenvalue weighted by Gasteiger charge is -2.23. The lowest BCUT2D eigenvalue weighted by atomic mass is 9.84. The molecule has 1 aromatic carbocycles. The topological polar surface area (TPSA) is 27.1 Å². The first-order chi connectivity index (χ1) is 9.84. The fourth-order valence-corrected chi connectivity index (χ4v) is 2.98. The maximum atomic E-state index is 7.41. The number of fused-ring (bicyclic) bond motifs is 1. The Morgan fingerprint density at radius 2 is 1.90 bits per heavy atom. The van der Waals surface area contributed by atoms with E-state index in [0.29, 0.717) is 5.71 Å². The van der Waals surface area contributed by atoms with Crippen molar-refractivity contribution in [1.29, 1.82) is 5.41 Å². The third-order valence-electron chi connectivity index (χ3n) is 3.83. The fourth-order valence-electron chi connectivity index (χ4n) is 2.72. The van der Waals surface area contributed by atoms with E-state index >= 15 is 0 Å². The van der Waals surface area contributed by atoms with E-state index in [-0.39, 0.29) is 5.41 Å². The average Bonchev–Trinajstić information content (AvgIpc) is 2.63. The van der Waals surface area contributed by atoms with Gasteiger partial charge in [-0.3, -0.25) is 0 Å². The summed E-state index contributed by atoms with van der Waals surface area (Å²) >= 11 is 3.52. The number of nitrogens with one attached hydrogen (secondary N) is 1. The van der Waals surface area contributed by atoms with Gasteiger partial charge in [0.2, 0.25) is 0 Å². The van der Waals surface area contributed by atoms with E-state index in [1.165, 1.54) is 16.9 Å². The Hall–Kier alpha value is -1.61. The number of hydrogen-bond donors (Lipinski definition) is 1. The second-order valence-electron chi connectivity index (χ2n) is 5.82. The molecule has 0 fully saturated rings. The first-order valence-corrected chi connectivity index (χ1v) is 7.78. The molecule has 1 N–H and O–H groups in total. The van der Waals surface area contributed by atoms with Crippen LogP contribution in [0, 0.1) is 5.41 Å². The predicted octanol–water partition coefficient (Wildman–Crippen LogP) is 5.17. The molecule has 110 valence electrons. The van der Waals surface area contributed by atoms with E-state index in [1.807, 2.05) is 12.2 Å². The van der Waals surface area contributed by atoms with Gasteiger partial charge in [-0.15, -0.1) is 0 Å². The Morgan fingerprint density at radius 3 is 2.52 bits per heavy atom. The number of likely N-dealkylation sites (N-methyl/N-ethyl adjacent to an activating group) is 1. The van der Waals surface area contributed by atoms with Gasteiger partial charge in [0.25, 0.3) is 0 Å². The summed E-state index contributed by atoms with van der Waals surface area (Å²) in [5.41, 5.74) is 4.42. The van der Waals surface area contributed by atoms with Crippen LogP contribution in [0.3, 0.4) is 0 Å². The molecule has 0 unspecified atom stereocenters. The summed E-state index contributed by atoms with van der Waals surface area (Å²) in [5, 5.41) is 7.41. The van der Waals surface area contributed by atoms with E-state index < -0.39 is 0 Å². The van der Waals surface area contributed by atoms with Gasteiger partial charge in [-0.05, 0) is 42.9 Å². The second kappa shape index (κ2) is 6.02. The summed E-state index contributed by atoms with van der Waals surface area (Å²) in [6, 6.07) is 8.53. The van der Waals surface area contributed by atoms with Crippen molar-refractivity contribution in [2.24, 2.45) is 0 Å². The zero-order valence-corrected chi connectivity index (χ0v) is 14.5. The number of allylic oxidation sites excluding steroid dienone is 6. The van der Waals surface area contributed by atoms with Crippen molar-refractivity contribution in [3.63, 3.8) is 0 Å². The lowest BCUT2D eigenvalue weighted by Crippen LogP contribution is -2.22. The van der Waals surface area contributed by atoms with Gasteiger partial charge in [0, 0.05) is 34.0 Å². The smallest absolute Gasteiger partial charge is 0.0447 e. The fraction of sp³-hybridized carbons (Fsp3) is 0.278. The first kappa shape index (κ1) is 15.8. The van der Waals surface area contributed by atoms with Crippen LogP contribution in [0.1, 0.15) is 26.3 Å². The van der Waals surface area contributed by atoms with Crippen molar-refractivity contribution in [2.45, 2.75) is 26.2 Å². The molecule has 1 aliphatic heterocycles. The van der Waals surface area contributed by atoms with Crippen LogP contribution in [0.15, 0.2) is 58.7 Å². The van der Waals surface area contributed by atoms with Crippen molar-refractivity contribution in [1.82, 2.24) is 0 Å². The van der Waals surface area contributed by atoms with Crippen molar-refractivity contribution in [3.8, 4) is 0 Å². The van der Waals surface area contributed by atoms with Crippen LogP contribution in [0.2, 0.25) is 0 Å². The van der Waals surface area contributed by atoms with Crippen LogP contribution < -0.4 is 4.90 Å². The van der Waals surface area contributed by atoms with E-state index in [1.54, 1.807) is 13.0 Å². The maximum Gasteiger partial charge on any atom is 0.0447 e. The minimum absolute atomic E-state index is 0.00367. The number of nitrogens with zero attached hydrogens (tertiary/aromatic N) is 1. The molecule has 1 aromatic rings. The standard InChI is InChI=1S/C18H21BrN2/c1-13(20)9-10-14(19)11-12-17-18(2,3)15-7-5-6-8-16(15)21(17)4/h5-12,20H,1-4H3/b10-9-,14-11-,17-12-,20-13?. The normalized spacial score (nSPS) is 19.4. The molecule has 21 heavy (non-hydrogen) atoms. The highest BCUT2D eigenvalue weighted by Crippen LogP contribution is 2.46. The van der Waals surface area contributed by atoms with Gasteiger partial charge in [-0.25, -0.2) is 0 Å². The predicted molar refractivity (Wildman–Crippen MR) is 95.5 cm³/mol. The van der Waals surface area contributed by atoms with E-state index in [9.17, 15) is 0 Å². The molecule has 0 aliphatic carbocycles. The summed E-state index contributed by atoms with van der Waals surface area (Å²) in [5.74, 6) is 0. The van der Waals surface area contributed by atoms with Gasteiger partial charge in [0.15, 0.2) is 0 Å². The molecule has 0 bridgehead atoms. The second-order valence-corrected chi connectivity index (χ2v) is 6.74. The average molecular weight is 345 g/mol. The van der Waals surface area contributed by atoms with Crippen LogP contribution in [0.4, 0.5) is 5.69 Å².